The van der Waals surface area contributed by atoms with Crippen LogP contribution in [0.25, 0.3) is 0 Å². The summed E-state index contributed by atoms with van der Waals surface area (Å²) in [6, 6.07) is 3.77. The Morgan fingerprint density at radius 3 is 3.08 bits per heavy atom. The van der Waals surface area contributed by atoms with Crippen molar-refractivity contribution < 1.29 is 14.3 Å². The van der Waals surface area contributed by atoms with Crippen molar-refractivity contribution >= 4 is 5.91 Å². The molecule has 7 heteroatoms. The fourth-order valence-corrected chi connectivity index (χ4v) is 3.72. The number of hydrogen-bond donors (Lipinski definition) is 0. The summed E-state index contributed by atoms with van der Waals surface area (Å²) in [4.78, 5) is 22.5. The Morgan fingerprint density at radius 2 is 2.36 bits per heavy atom. The lowest BCUT2D eigenvalue weighted by Gasteiger charge is -2.50. The fourth-order valence-electron chi connectivity index (χ4n) is 3.72. The number of imidazole rings is 1. The first-order chi connectivity index (χ1) is 12.2. The van der Waals surface area contributed by atoms with Gasteiger partial charge in [-0.05, 0) is 30.9 Å². The molecule has 132 valence electrons. The van der Waals surface area contributed by atoms with E-state index >= 15 is 0 Å². The second kappa shape index (κ2) is 6.48. The number of likely N-dealkylation sites (tertiary alicyclic amines) is 1. The normalized spacial score (nSPS) is 21.3. The summed E-state index contributed by atoms with van der Waals surface area (Å²) >= 11 is 0. The second-order valence-electron chi connectivity index (χ2n) is 6.81. The van der Waals surface area contributed by atoms with Gasteiger partial charge < -0.3 is 18.9 Å². The predicted octanol–water partition coefficient (Wildman–Crippen LogP) is 1.52. The molecule has 7 nitrogen and oxygen atoms in total. The zero-order chi connectivity index (χ0) is 17.3. The van der Waals surface area contributed by atoms with Crippen LogP contribution in [0.2, 0.25) is 0 Å². The van der Waals surface area contributed by atoms with Gasteiger partial charge in [-0.25, -0.2) is 4.98 Å². The van der Waals surface area contributed by atoms with Crippen LogP contribution in [0, 0.1) is 5.92 Å². The molecule has 0 radical (unpaired) electrons. The Hall–Kier alpha value is -2.41. The summed E-state index contributed by atoms with van der Waals surface area (Å²) in [6.07, 6.45) is 8.78. The van der Waals surface area contributed by atoms with E-state index in [-0.39, 0.29) is 11.5 Å². The molecule has 0 N–H and O–H groups in total. The van der Waals surface area contributed by atoms with Crippen molar-refractivity contribution in [2.45, 2.75) is 18.4 Å². The van der Waals surface area contributed by atoms with E-state index in [0.717, 1.165) is 25.2 Å². The molecule has 4 rings (SSSR count). The van der Waals surface area contributed by atoms with Gasteiger partial charge in [-0.15, -0.1) is 0 Å². The molecule has 0 unspecified atom stereocenters. The van der Waals surface area contributed by atoms with Crippen LogP contribution in [0.3, 0.4) is 0 Å². The average molecular weight is 342 g/mol. The standard InChI is InChI=1S/C18H22N4O3/c1-21-10-16(20-13-21)17(23)22-11-18(12-22)14(5-8-25-18)4-7-24-15-3-2-6-19-9-15/h2-3,6,9-10,13-14H,4-5,7-8,11-12H2,1H3/t14-/m1/s1. The molecule has 1 amide bonds. The van der Waals surface area contributed by atoms with E-state index in [1.54, 1.807) is 29.5 Å². The Labute approximate surface area is 146 Å². The van der Waals surface area contributed by atoms with Crippen molar-refractivity contribution in [1.29, 1.82) is 0 Å². The van der Waals surface area contributed by atoms with Crippen LogP contribution in [0.4, 0.5) is 0 Å². The molecule has 2 saturated heterocycles. The molecule has 1 spiro atoms. The first-order valence-corrected chi connectivity index (χ1v) is 8.60. The Morgan fingerprint density at radius 1 is 1.48 bits per heavy atom. The number of pyridine rings is 1. The van der Waals surface area contributed by atoms with E-state index in [2.05, 4.69) is 9.97 Å². The highest BCUT2D eigenvalue weighted by atomic mass is 16.5. The van der Waals surface area contributed by atoms with Gasteiger partial charge >= 0.3 is 0 Å². The van der Waals surface area contributed by atoms with Crippen molar-refractivity contribution in [3.05, 3.63) is 42.7 Å². The molecular formula is C18H22N4O3. The van der Waals surface area contributed by atoms with Crippen molar-refractivity contribution in [1.82, 2.24) is 19.4 Å². The van der Waals surface area contributed by atoms with E-state index in [1.165, 1.54) is 0 Å². The number of aromatic nitrogens is 3. The van der Waals surface area contributed by atoms with E-state index in [1.807, 2.05) is 24.1 Å². The number of aryl methyl sites for hydroxylation is 1. The molecule has 0 aliphatic carbocycles. The molecule has 0 aromatic carbocycles. The van der Waals surface area contributed by atoms with Crippen LogP contribution in [0.15, 0.2) is 37.1 Å². The molecule has 2 aromatic heterocycles. The minimum Gasteiger partial charge on any atom is -0.492 e. The van der Waals surface area contributed by atoms with Crippen LogP contribution in [0.5, 0.6) is 5.75 Å². The average Bonchev–Trinajstić information content (AvgIpc) is 3.20. The van der Waals surface area contributed by atoms with Gasteiger partial charge in [0, 0.05) is 26.0 Å². The first kappa shape index (κ1) is 16.1. The monoisotopic (exact) mass is 342 g/mol. The predicted molar refractivity (Wildman–Crippen MR) is 90.3 cm³/mol. The third-order valence-electron chi connectivity index (χ3n) is 5.10. The zero-order valence-electron chi connectivity index (χ0n) is 14.3. The summed E-state index contributed by atoms with van der Waals surface area (Å²) in [5, 5.41) is 0. The van der Waals surface area contributed by atoms with Gasteiger partial charge in [-0.2, -0.15) is 0 Å². The first-order valence-electron chi connectivity index (χ1n) is 8.60. The van der Waals surface area contributed by atoms with Gasteiger partial charge in [-0.3, -0.25) is 9.78 Å². The number of rotatable bonds is 5. The van der Waals surface area contributed by atoms with Crippen LogP contribution >= 0.6 is 0 Å². The summed E-state index contributed by atoms with van der Waals surface area (Å²) in [5.74, 6) is 1.18. The molecule has 2 aromatic rings. The minimum atomic E-state index is -0.206. The Balaban J connectivity index is 1.31. The summed E-state index contributed by atoms with van der Waals surface area (Å²) in [6.45, 7) is 2.67. The number of carbonyl (C=O) groups excluding carboxylic acids is 1. The van der Waals surface area contributed by atoms with E-state index in [4.69, 9.17) is 9.47 Å². The maximum atomic E-state index is 12.4. The SMILES string of the molecule is Cn1cnc(C(=O)N2CC3(C2)OCC[C@H]3CCOc2cccnc2)c1. The molecule has 4 heterocycles. The maximum absolute atomic E-state index is 12.4. The number of ether oxygens (including phenoxy) is 2. The third kappa shape index (κ3) is 3.11. The highest BCUT2D eigenvalue weighted by molar-refractivity contribution is 5.92. The van der Waals surface area contributed by atoms with E-state index in [0.29, 0.717) is 31.3 Å². The van der Waals surface area contributed by atoms with Gasteiger partial charge in [-0.1, -0.05) is 0 Å². The Bertz CT molecular complexity index is 740. The third-order valence-corrected chi connectivity index (χ3v) is 5.10. The van der Waals surface area contributed by atoms with Crippen molar-refractivity contribution in [3.8, 4) is 5.75 Å². The fraction of sp³-hybridized carbons (Fsp3) is 0.500. The molecule has 2 aliphatic rings. The van der Waals surface area contributed by atoms with Gasteiger partial charge in [0.25, 0.3) is 5.91 Å². The van der Waals surface area contributed by atoms with Gasteiger partial charge in [0.1, 0.15) is 17.0 Å². The van der Waals surface area contributed by atoms with Gasteiger partial charge in [0.05, 0.1) is 32.2 Å². The van der Waals surface area contributed by atoms with Crippen LogP contribution in [0.1, 0.15) is 23.3 Å². The number of hydrogen-bond acceptors (Lipinski definition) is 5. The highest BCUT2D eigenvalue weighted by Gasteiger charge is 2.54. The Kier molecular flexibility index (Phi) is 4.17. The van der Waals surface area contributed by atoms with Crippen molar-refractivity contribution in [3.63, 3.8) is 0 Å². The van der Waals surface area contributed by atoms with Gasteiger partial charge in [0.2, 0.25) is 0 Å². The molecular weight excluding hydrogens is 320 g/mol. The molecule has 1 atom stereocenters. The van der Waals surface area contributed by atoms with Gasteiger partial charge in [0.15, 0.2) is 0 Å². The summed E-state index contributed by atoms with van der Waals surface area (Å²) < 4.78 is 13.6. The van der Waals surface area contributed by atoms with Crippen LogP contribution in [-0.2, 0) is 11.8 Å². The quantitative estimate of drug-likeness (QED) is 0.824. The maximum Gasteiger partial charge on any atom is 0.274 e. The number of carbonyl (C=O) groups is 1. The second-order valence-corrected chi connectivity index (χ2v) is 6.81. The molecule has 0 bridgehead atoms. The zero-order valence-corrected chi connectivity index (χ0v) is 14.3. The lowest BCUT2D eigenvalue weighted by Crippen LogP contribution is -2.66. The molecule has 2 aliphatic heterocycles. The summed E-state index contributed by atoms with van der Waals surface area (Å²) in [5.41, 5.74) is 0.287. The lowest BCUT2D eigenvalue weighted by atomic mass is 9.79. The largest absolute Gasteiger partial charge is 0.492 e. The minimum absolute atomic E-state index is 0.0212. The topological polar surface area (TPSA) is 69.5 Å². The van der Waals surface area contributed by atoms with Crippen LogP contribution in [-0.4, -0.2) is 57.2 Å². The lowest BCUT2D eigenvalue weighted by molar-refractivity contribution is -0.119. The molecule has 25 heavy (non-hydrogen) atoms. The molecule has 0 saturated carbocycles. The van der Waals surface area contributed by atoms with Crippen LogP contribution < -0.4 is 4.74 Å². The highest BCUT2D eigenvalue weighted by Crippen LogP contribution is 2.42. The van der Waals surface area contributed by atoms with Crippen molar-refractivity contribution in [2.75, 3.05) is 26.3 Å². The van der Waals surface area contributed by atoms with E-state index < -0.39 is 0 Å². The number of nitrogens with zero attached hydrogens (tertiary/aromatic N) is 4. The molecule has 2 fully saturated rings. The smallest absolute Gasteiger partial charge is 0.274 e. The summed E-state index contributed by atoms with van der Waals surface area (Å²) in [7, 11) is 1.86. The van der Waals surface area contributed by atoms with E-state index in [9.17, 15) is 4.79 Å². The number of amides is 1. The van der Waals surface area contributed by atoms with Crippen molar-refractivity contribution in [2.24, 2.45) is 13.0 Å².